The van der Waals surface area contributed by atoms with Crippen LogP contribution in [0.4, 0.5) is 0 Å². The lowest BCUT2D eigenvalue weighted by Crippen LogP contribution is -2.41. The zero-order chi connectivity index (χ0) is 14.9. The first-order valence-electron chi connectivity index (χ1n) is 7.57. The number of hydrogen-bond donors (Lipinski definition) is 0. The van der Waals surface area contributed by atoms with Gasteiger partial charge < -0.3 is 9.47 Å². The first-order chi connectivity index (χ1) is 10.2. The van der Waals surface area contributed by atoms with Crippen LogP contribution in [0.15, 0.2) is 48.5 Å². The van der Waals surface area contributed by atoms with Crippen LogP contribution in [-0.2, 0) is 12.0 Å². The molecule has 0 bridgehead atoms. The fourth-order valence-electron chi connectivity index (χ4n) is 3.21. The number of methoxy groups -OCH3 is 1. The second-order valence-corrected chi connectivity index (χ2v) is 5.99. The van der Waals surface area contributed by atoms with Gasteiger partial charge in [-0.05, 0) is 48.1 Å². The molecule has 0 N–H and O–H groups in total. The molecule has 0 aliphatic carbocycles. The zero-order valence-electron chi connectivity index (χ0n) is 12.9. The van der Waals surface area contributed by atoms with Gasteiger partial charge in [-0.1, -0.05) is 44.2 Å². The van der Waals surface area contributed by atoms with E-state index in [9.17, 15) is 0 Å². The third kappa shape index (κ3) is 2.39. The molecule has 1 unspecified atom stereocenters. The Morgan fingerprint density at radius 3 is 2.52 bits per heavy atom. The van der Waals surface area contributed by atoms with Gasteiger partial charge in [0.15, 0.2) is 0 Å². The van der Waals surface area contributed by atoms with E-state index in [1.807, 2.05) is 12.1 Å². The van der Waals surface area contributed by atoms with Gasteiger partial charge >= 0.3 is 0 Å². The monoisotopic (exact) mass is 282 g/mol. The Balaban J connectivity index is 2.02. The molecule has 110 valence electrons. The summed E-state index contributed by atoms with van der Waals surface area (Å²) in [6.07, 6.45) is 2.01. The first kappa shape index (κ1) is 14.0. The van der Waals surface area contributed by atoms with E-state index < -0.39 is 0 Å². The van der Waals surface area contributed by atoms with Crippen molar-refractivity contribution in [3.63, 3.8) is 0 Å². The quantitative estimate of drug-likeness (QED) is 0.821. The van der Waals surface area contributed by atoms with E-state index >= 15 is 0 Å². The summed E-state index contributed by atoms with van der Waals surface area (Å²) in [4.78, 5) is 0. The first-order valence-corrected chi connectivity index (χ1v) is 7.57. The maximum atomic E-state index is 6.51. The summed E-state index contributed by atoms with van der Waals surface area (Å²) >= 11 is 0. The van der Waals surface area contributed by atoms with E-state index in [-0.39, 0.29) is 5.60 Å². The summed E-state index contributed by atoms with van der Waals surface area (Å²) in [5.74, 6) is 2.30. The Kier molecular flexibility index (Phi) is 3.62. The summed E-state index contributed by atoms with van der Waals surface area (Å²) in [7, 11) is 1.70. The highest BCUT2D eigenvalue weighted by molar-refractivity contribution is 5.43. The van der Waals surface area contributed by atoms with Crippen LogP contribution in [0.2, 0.25) is 0 Å². The second-order valence-electron chi connectivity index (χ2n) is 5.99. The Hall–Kier alpha value is -1.96. The predicted octanol–water partition coefficient (Wildman–Crippen LogP) is 4.57. The molecule has 2 nitrogen and oxygen atoms in total. The smallest absolute Gasteiger partial charge is 0.137 e. The van der Waals surface area contributed by atoms with Crippen LogP contribution in [0, 0.1) is 5.92 Å². The molecule has 0 saturated heterocycles. The number of fused-ring (bicyclic) bond motifs is 1. The number of aryl methyl sites for hydroxylation is 1. The van der Waals surface area contributed by atoms with E-state index in [4.69, 9.17) is 9.47 Å². The van der Waals surface area contributed by atoms with E-state index in [1.54, 1.807) is 7.11 Å². The van der Waals surface area contributed by atoms with Gasteiger partial charge in [0, 0.05) is 0 Å². The van der Waals surface area contributed by atoms with Crippen molar-refractivity contribution in [1.29, 1.82) is 0 Å². The Bertz CT molecular complexity index is 619. The van der Waals surface area contributed by atoms with Gasteiger partial charge in [-0.15, -0.1) is 0 Å². The van der Waals surface area contributed by atoms with Crippen LogP contribution in [0.1, 0.15) is 31.4 Å². The Labute approximate surface area is 126 Å². The van der Waals surface area contributed by atoms with Crippen molar-refractivity contribution < 1.29 is 9.47 Å². The number of rotatable bonds is 3. The molecular formula is C19H22O2. The molecule has 2 heteroatoms. The summed E-state index contributed by atoms with van der Waals surface area (Å²) < 4.78 is 11.8. The van der Waals surface area contributed by atoms with Gasteiger partial charge in [-0.25, -0.2) is 0 Å². The van der Waals surface area contributed by atoms with E-state index in [0.717, 1.165) is 24.3 Å². The minimum atomic E-state index is -0.233. The fraction of sp³-hybridized carbons (Fsp3) is 0.368. The van der Waals surface area contributed by atoms with Crippen LogP contribution in [0.5, 0.6) is 11.5 Å². The van der Waals surface area contributed by atoms with Crippen molar-refractivity contribution in [3.8, 4) is 11.5 Å². The molecule has 3 rings (SSSR count). The van der Waals surface area contributed by atoms with Crippen molar-refractivity contribution in [2.24, 2.45) is 5.92 Å². The lowest BCUT2D eigenvalue weighted by molar-refractivity contribution is -0.00284. The Morgan fingerprint density at radius 2 is 1.86 bits per heavy atom. The zero-order valence-corrected chi connectivity index (χ0v) is 12.9. The number of benzene rings is 2. The van der Waals surface area contributed by atoms with Crippen molar-refractivity contribution in [3.05, 3.63) is 59.7 Å². The molecular weight excluding hydrogens is 260 g/mol. The molecule has 0 radical (unpaired) electrons. The molecule has 0 aromatic heterocycles. The standard InChI is InChI=1S/C19H22O2/c1-14(2)19(16-7-5-4-6-8-16)12-11-15-13-17(20-3)9-10-18(15)21-19/h4-10,13-14H,11-12H2,1-3H3. The van der Waals surface area contributed by atoms with Gasteiger partial charge in [-0.3, -0.25) is 0 Å². The highest BCUT2D eigenvalue weighted by Gasteiger charge is 2.41. The number of hydrogen-bond acceptors (Lipinski definition) is 2. The highest BCUT2D eigenvalue weighted by atomic mass is 16.5. The molecule has 0 saturated carbocycles. The third-order valence-corrected chi connectivity index (χ3v) is 4.52. The number of ether oxygens (including phenoxy) is 2. The lowest BCUT2D eigenvalue weighted by atomic mass is 9.77. The van der Waals surface area contributed by atoms with Gasteiger partial charge in [0.05, 0.1) is 7.11 Å². The average Bonchev–Trinajstić information content (AvgIpc) is 2.54. The fourth-order valence-corrected chi connectivity index (χ4v) is 3.21. The SMILES string of the molecule is COc1ccc2c(c1)CCC(c1ccccc1)(C(C)C)O2. The summed E-state index contributed by atoms with van der Waals surface area (Å²) in [6.45, 7) is 4.48. The van der Waals surface area contributed by atoms with Crippen LogP contribution < -0.4 is 9.47 Å². The van der Waals surface area contributed by atoms with Gasteiger partial charge in [0.1, 0.15) is 17.1 Å². The molecule has 2 aromatic carbocycles. The lowest BCUT2D eigenvalue weighted by Gasteiger charge is -2.42. The highest BCUT2D eigenvalue weighted by Crippen LogP contribution is 2.44. The largest absolute Gasteiger partial charge is 0.497 e. The van der Waals surface area contributed by atoms with Gasteiger partial charge in [-0.2, -0.15) is 0 Å². The van der Waals surface area contributed by atoms with Crippen molar-refractivity contribution in [2.45, 2.75) is 32.3 Å². The average molecular weight is 282 g/mol. The van der Waals surface area contributed by atoms with E-state index in [0.29, 0.717) is 5.92 Å². The third-order valence-electron chi connectivity index (χ3n) is 4.52. The molecule has 1 atom stereocenters. The van der Waals surface area contributed by atoms with Crippen molar-refractivity contribution in [2.75, 3.05) is 7.11 Å². The van der Waals surface area contributed by atoms with Crippen molar-refractivity contribution in [1.82, 2.24) is 0 Å². The molecule has 1 aliphatic heterocycles. The topological polar surface area (TPSA) is 18.5 Å². The maximum Gasteiger partial charge on any atom is 0.137 e. The second kappa shape index (κ2) is 5.44. The predicted molar refractivity (Wildman–Crippen MR) is 84.9 cm³/mol. The molecule has 1 aliphatic rings. The molecule has 2 aromatic rings. The Morgan fingerprint density at radius 1 is 1.10 bits per heavy atom. The minimum absolute atomic E-state index is 0.233. The normalized spacial score (nSPS) is 20.8. The molecule has 0 fully saturated rings. The van der Waals surface area contributed by atoms with Crippen LogP contribution in [0.3, 0.4) is 0 Å². The van der Waals surface area contributed by atoms with Crippen LogP contribution >= 0.6 is 0 Å². The van der Waals surface area contributed by atoms with Crippen molar-refractivity contribution >= 4 is 0 Å². The summed E-state index contributed by atoms with van der Waals surface area (Å²) in [6, 6.07) is 16.7. The van der Waals surface area contributed by atoms with Gasteiger partial charge in [0.2, 0.25) is 0 Å². The van der Waals surface area contributed by atoms with Crippen LogP contribution in [-0.4, -0.2) is 7.11 Å². The van der Waals surface area contributed by atoms with E-state index in [1.165, 1.54) is 11.1 Å². The molecule has 21 heavy (non-hydrogen) atoms. The summed E-state index contributed by atoms with van der Waals surface area (Å²) in [5.41, 5.74) is 2.27. The minimum Gasteiger partial charge on any atom is -0.497 e. The summed E-state index contributed by atoms with van der Waals surface area (Å²) in [5, 5.41) is 0. The van der Waals surface area contributed by atoms with E-state index in [2.05, 4.69) is 50.2 Å². The maximum absolute atomic E-state index is 6.51. The molecule has 1 heterocycles. The molecule has 0 spiro atoms. The molecule has 0 amide bonds. The van der Waals surface area contributed by atoms with Gasteiger partial charge in [0.25, 0.3) is 0 Å². The van der Waals surface area contributed by atoms with Crippen LogP contribution in [0.25, 0.3) is 0 Å².